The number of nitrogens with zero attached hydrogens (tertiary/aromatic N) is 1. The Kier molecular flexibility index (Phi) is 6.33. The molecule has 140 valence electrons. The molecular weight excluding hydrogens is 397 g/mol. The van der Waals surface area contributed by atoms with E-state index in [2.05, 4.69) is 39.9 Å². The van der Waals surface area contributed by atoms with Gasteiger partial charge in [0.15, 0.2) is 0 Å². The lowest BCUT2D eigenvalue weighted by Crippen LogP contribution is -2.46. The van der Waals surface area contributed by atoms with Gasteiger partial charge in [-0.2, -0.15) is 0 Å². The number of hydrogen-bond donors (Lipinski definition) is 0. The lowest BCUT2D eigenvalue weighted by atomic mass is 10.0. The van der Waals surface area contributed by atoms with Gasteiger partial charge in [0.25, 0.3) is 0 Å². The zero-order valence-corrected chi connectivity index (χ0v) is 17.1. The van der Waals surface area contributed by atoms with Gasteiger partial charge in [0, 0.05) is 30.5 Å². The smallest absolute Gasteiger partial charge is 0.124 e. The summed E-state index contributed by atoms with van der Waals surface area (Å²) in [6.45, 7) is 6.72. The van der Waals surface area contributed by atoms with E-state index in [1.807, 2.05) is 19.1 Å². The van der Waals surface area contributed by atoms with Gasteiger partial charge in [-0.05, 0) is 54.8 Å². The van der Waals surface area contributed by atoms with Gasteiger partial charge in [0.1, 0.15) is 11.6 Å². The zero-order valence-electron chi connectivity index (χ0n) is 15.5. The van der Waals surface area contributed by atoms with Crippen LogP contribution in [-0.2, 0) is 17.7 Å². The molecule has 0 amide bonds. The Morgan fingerprint density at radius 2 is 1.96 bits per heavy atom. The van der Waals surface area contributed by atoms with Crippen LogP contribution in [0.3, 0.4) is 0 Å². The number of morpholine rings is 1. The van der Waals surface area contributed by atoms with Crippen LogP contribution in [0.15, 0.2) is 40.9 Å². The van der Waals surface area contributed by atoms with Gasteiger partial charge in [0.2, 0.25) is 0 Å². The van der Waals surface area contributed by atoms with Gasteiger partial charge in [-0.1, -0.05) is 28.1 Å². The first-order valence-corrected chi connectivity index (χ1v) is 9.69. The summed E-state index contributed by atoms with van der Waals surface area (Å²) in [6.07, 6.45) is 1.04. The second-order valence-corrected chi connectivity index (χ2v) is 7.85. The highest BCUT2D eigenvalue weighted by Gasteiger charge is 2.26. The molecule has 0 spiro atoms. The average Bonchev–Trinajstić information content (AvgIpc) is 2.58. The fraction of sp³-hybridized carbons (Fsp3) is 0.429. The predicted molar refractivity (Wildman–Crippen MR) is 105 cm³/mol. The topological polar surface area (TPSA) is 21.7 Å². The van der Waals surface area contributed by atoms with Gasteiger partial charge in [-0.25, -0.2) is 4.39 Å². The Bertz CT molecular complexity index is 727. The third kappa shape index (κ3) is 4.84. The first kappa shape index (κ1) is 19.3. The Balaban J connectivity index is 1.68. The molecule has 2 atom stereocenters. The highest BCUT2D eigenvalue weighted by atomic mass is 79.9. The fourth-order valence-electron chi connectivity index (χ4n) is 3.59. The van der Waals surface area contributed by atoms with Crippen molar-refractivity contribution in [1.82, 2.24) is 4.90 Å². The van der Waals surface area contributed by atoms with Crippen molar-refractivity contribution in [3.05, 3.63) is 63.4 Å². The van der Waals surface area contributed by atoms with E-state index < -0.39 is 0 Å². The quantitative estimate of drug-likeness (QED) is 0.695. The van der Waals surface area contributed by atoms with Crippen molar-refractivity contribution in [3.8, 4) is 5.75 Å². The van der Waals surface area contributed by atoms with Crippen molar-refractivity contribution >= 4 is 15.9 Å². The highest BCUT2D eigenvalue weighted by Crippen LogP contribution is 2.26. The monoisotopic (exact) mass is 421 g/mol. The first-order chi connectivity index (χ1) is 12.4. The maximum absolute atomic E-state index is 13.5. The molecular formula is C21H25BrFNO2. The summed E-state index contributed by atoms with van der Waals surface area (Å²) in [5.41, 5.74) is 3.34. The van der Waals surface area contributed by atoms with E-state index in [0.717, 1.165) is 47.4 Å². The van der Waals surface area contributed by atoms with Crippen LogP contribution >= 0.6 is 15.9 Å². The Hall–Kier alpha value is -1.43. The molecule has 1 saturated heterocycles. The van der Waals surface area contributed by atoms with Crippen molar-refractivity contribution in [2.75, 3.05) is 20.2 Å². The minimum atomic E-state index is -0.211. The van der Waals surface area contributed by atoms with Crippen LogP contribution < -0.4 is 4.74 Å². The summed E-state index contributed by atoms with van der Waals surface area (Å²) in [7, 11) is 1.68. The number of aryl methyl sites for hydroxylation is 1. The van der Waals surface area contributed by atoms with Crippen LogP contribution in [0.25, 0.3) is 0 Å². The molecule has 2 aromatic rings. The third-order valence-corrected chi connectivity index (χ3v) is 5.49. The van der Waals surface area contributed by atoms with E-state index >= 15 is 0 Å². The number of ether oxygens (including phenoxy) is 2. The normalized spacial score (nSPS) is 21.0. The zero-order chi connectivity index (χ0) is 18.7. The summed E-state index contributed by atoms with van der Waals surface area (Å²) in [6, 6.07) is 11.3. The maximum atomic E-state index is 13.5. The molecule has 1 fully saturated rings. The second-order valence-electron chi connectivity index (χ2n) is 7.00. The van der Waals surface area contributed by atoms with Crippen molar-refractivity contribution in [3.63, 3.8) is 0 Å². The van der Waals surface area contributed by atoms with Gasteiger partial charge >= 0.3 is 0 Å². The van der Waals surface area contributed by atoms with Gasteiger partial charge in [-0.3, -0.25) is 4.90 Å². The summed E-state index contributed by atoms with van der Waals surface area (Å²) >= 11 is 3.50. The van der Waals surface area contributed by atoms with Gasteiger partial charge < -0.3 is 9.47 Å². The molecule has 3 nitrogen and oxygen atoms in total. The first-order valence-electron chi connectivity index (χ1n) is 8.90. The molecule has 0 aromatic heterocycles. The Labute approximate surface area is 163 Å². The molecule has 1 aliphatic heterocycles. The molecule has 0 N–H and O–H groups in total. The molecule has 0 radical (unpaired) electrons. The molecule has 5 heteroatoms. The van der Waals surface area contributed by atoms with Crippen molar-refractivity contribution < 1.29 is 13.9 Å². The lowest BCUT2D eigenvalue weighted by Gasteiger charge is -2.37. The van der Waals surface area contributed by atoms with E-state index in [1.54, 1.807) is 13.2 Å². The highest BCUT2D eigenvalue weighted by molar-refractivity contribution is 9.10. The fourth-order valence-corrected chi connectivity index (χ4v) is 4.28. The molecule has 0 bridgehead atoms. The molecule has 1 aliphatic rings. The predicted octanol–water partition coefficient (Wildman–Crippen LogP) is 4.74. The van der Waals surface area contributed by atoms with Crippen LogP contribution in [0, 0.1) is 12.7 Å². The second kappa shape index (κ2) is 8.51. The van der Waals surface area contributed by atoms with Crippen LogP contribution in [0.2, 0.25) is 0 Å². The van der Waals surface area contributed by atoms with Crippen LogP contribution in [0.1, 0.15) is 23.6 Å². The minimum absolute atomic E-state index is 0.0949. The SMILES string of the molecule is COc1ccc(CN2CC(Cc3c(C)cc(F)cc3Br)O[C@@H](C)C2)cc1. The van der Waals surface area contributed by atoms with Crippen LogP contribution in [0.5, 0.6) is 5.75 Å². The molecule has 0 aliphatic carbocycles. The van der Waals surface area contributed by atoms with Gasteiger partial charge in [-0.15, -0.1) is 0 Å². The number of halogens is 2. The van der Waals surface area contributed by atoms with E-state index in [9.17, 15) is 4.39 Å². The molecule has 0 saturated carbocycles. The van der Waals surface area contributed by atoms with E-state index in [4.69, 9.17) is 9.47 Å². The Morgan fingerprint density at radius 3 is 2.62 bits per heavy atom. The average molecular weight is 422 g/mol. The minimum Gasteiger partial charge on any atom is -0.497 e. The van der Waals surface area contributed by atoms with E-state index in [1.165, 1.54) is 11.6 Å². The summed E-state index contributed by atoms with van der Waals surface area (Å²) < 4.78 is 25.7. The summed E-state index contributed by atoms with van der Waals surface area (Å²) in [5.74, 6) is 0.663. The van der Waals surface area contributed by atoms with Crippen molar-refractivity contribution in [2.24, 2.45) is 0 Å². The molecule has 1 unspecified atom stereocenters. The van der Waals surface area contributed by atoms with E-state index in [0.29, 0.717) is 0 Å². The molecule has 3 rings (SSSR count). The third-order valence-electron chi connectivity index (χ3n) is 4.78. The number of benzene rings is 2. The van der Waals surface area contributed by atoms with E-state index in [-0.39, 0.29) is 18.0 Å². The molecule has 2 aromatic carbocycles. The number of rotatable bonds is 5. The standard InChI is InChI=1S/C21H25BrFNO2/c1-14-8-17(23)9-21(22)20(14)10-19-13-24(11-15(2)26-19)12-16-4-6-18(25-3)7-5-16/h4-9,15,19H,10-13H2,1-3H3/t15-,19?/m0/s1. The molecule has 26 heavy (non-hydrogen) atoms. The largest absolute Gasteiger partial charge is 0.497 e. The Morgan fingerprint density at radius 1 is 1.23 bits per heavy atom. The van der Waals surface area contributed by atoms with Gasteiger partial charge in [0.05, 0.1) is 19.3 Å². The maximum Gasteiger partial charge on any atom is 0.124 e. The summed E-state index contributed by atoms with van der Waals surface area (Å²) in [5, 5.41) is 0. The number of hydrogen-bond acceptors (Lipinski definition) is 3. The van der Waals surface area contributed by atoms with Crippen LogP contribution in [-0.4, -0.2) is 37.3 Å². The van der Waals surface area contributed by atoms with Crippen molar-refractivity contribution in [1.29, 1.82) is 0 Å². The molecule has 1 heterocycles. The number of methoxy groups -OCH3 is 1. The van der Waals surface area contributed by atoms with Crippen molar-refractivity contribution in [2.45, 2.75) is 39.0 Å². The van der Waals surface area contributed by atoms with Crippen LogP contribution in [0.4, 0.5) is 4.39 Å². The lowest BCUT2D eigenvalue weighted by molar-refractivity contribution is -0.0785. The summed E-state index contributed by atoms with van der Waals surface area (Å²) in [4.78, 5) is 2.42.